The first-order valence-corrected chi connectivity index (χ1v) is 7.43. The second kappa shape index (κ2) is 4.54. The van der Waals surface area contributed by atoms with Crippen LogP contribution in [0.4, 0.5) is 11.6 Å². The molecule has 2 rings (SSSR count). The highest BCUT2D eigenvalue weighted by atomic mass is 32.2. The van der Waals surface area contributed by atoms with Gasteiger partial charge in [0, 0.05) is 19.5 Å². The van der Waals surface area contributed by atoms with Crippen molar-refractivity contribution in [2.45, 2.75) is 11.8 Å². The van der Waals surface area contributed by atoms with E-state index in [4.69, 9.17) is 5.73 Å². The SMILES string of the molecule is CNc1nn(-c2cc(C)ccn2)c(N)c1S(C)(=O)=O. The highest BCUT2D eigenvalue weighted by molar-refractivity contribution is 7.91. The van der Waals surface area contributed by atoms with Crippen LogP contribution in [0.25, 0.3) is 5.82 Å². The number of anilines is 2. The molecule has 8 heteroatoms. The molecule has 0 atom stereocenters. The normalized spacial score (nSPS) is 11.5. The zero-order chi connectivity index (χ0) is 14.2. The van der Waals surface area contributed by atoms with E-state index in [2.05, 4.69) is 15.4 Å². The molecule has 0 unspecified atom stereocenters. The van der Waals surface area contributed by atoms with E-state index < -0.39 is 9.84 Å². The van der Waals surface area contributed by atoms with Crippen LogP contribution in [-0.2, 0) is 9.84 Å². The van der Waals surface area contributed by atoms with Gasteiger partial charge in [0.25, 0.3) is 0 Å². The molecule has 0 saturated carbocycles. The maximum Gasteiger partial charge on any atom is 0.182 e. The van der Waals surface area contributed by atoms with Crippen LogP contribution in [0.2, 0.25) is 0 Å². The Balaban J connectivity index is 2.71. The number of nitrogens with two attached hydrogens (primary N) is 1. The number of nitrogen functional groups attached to an aromatic ring is 1. The molecule has 0 amide bonds. The number of hydrogen-bond acceptors (Lipinski definition) is 6. The van der Waals surface area contributed by atoms with Crippen molar-refractivity contribution in [1.82, 2.24) is 14.8 Å². The summed E-state index contributed by atoms with van der Waals surface area (Å²) in [4.78, 5) is 4.12. The van der Waals surface area contributed by atoms with Crippen LogP contribution in [0.15, 0.2) is 23.2 Å². The fourth-order valence-corrected chi connectivity index (χ4v) is 2.72. The zero-order valence-electron chi connectivity index (χ0n) is 10.9. The van der Waals surface area contributed by atoms with Gasteiger partial charge in [0.2, 0.25) is 0 Å². The number of nitrogens with one attached hydrogen (secondary N) is 1. The van der Waals surface area contributed by atoms with E-state index in [1.165, 1.54) is 4.68 Å². The highest BCUT2D eigenvalue weighted by Gasteiger charge is 2.24. The van der Waals surface area contributed by atoms with E-state index in [9.17, 15) is 8.42 Å². The van der Waals surface area contributed by atoms with Crippen molar-refractivity contribution in [2.24, 2.45) is 0 Å². The van der Waals surface area contributed by atoms with Crippen molar-refractivity contribution < 1.29 is 8.42 Å². The minimum absolute atomic E-state index is 0.0155. The van der Waals surface area contributed by atoms with Gasteiger partial charge in [-0.15, -0.1) is 5.10 Å². The third kappa shape index (κ3) is 2.39. The molecule has 2 aromatic rings. The monoisotopic (exact) mass is 281 g/mol. The summed E-state index contributed by atoms with van der Waals surface area (Å²) in [5, 5.41) is 6.87. The summed E-state index contributed by atoms with van der Waals surface area (Å²) >= 11 is 0. The van der Waals surface area contributed by atoms with E-state index in [1.54, 1.807) is 19.3 Å². The minimum Gasteiger partial charge on any atom is -0.382 e. The number of nitrogens with zero attached hydrogens (tertiary/aromatic N) is 3. The summed E-state index contributed by atoms with van der Waals surface area (Å²) in [5.74, 6) is 0.733. The first-order chi connectivity index (χ1) is 8.84. The van der Waals surface area contributed by atoms with Gasteiger partial charge in [-0.25, -0.2) is 13.4 Å². The number of aromatic nitrogens is 3. The molecule has 0 fully saturated rings. The predicted molar refractivity (Wildman–Crippen MR) is 73.2 cm³/mol. The first kappa shape index (κ1) is 13.3. The van der Waals surface area contributed by atoms with Crippen LogP contribution >= 0.6 is 0 Å². The fraction of sp³-hybridized carbons (Fsp3) is 0.273. The van der Waals surface area contributed by atoms with Crippen LogP contribution in [0.3, 0.4) is 0 Å². The molecule has 2 heterocycles. The summed E-state index contributed by atoms with van der Waals surface area (Å²) in [5.41, 5.74) is 6.87. The van der Waals surface area contributed by atoms with Crippen molar-refractivity contribution in [1.29, 1.82) is 0 Å². The molecule has 2 aromatic heterocycles. The Hall–Kier alpha value is -2.09. The third-order valence-corrected chi connectivity index (χ3v) is 3.75. The lowest BCUT2D eigenvalue weighted by Crippen LogP contribution is -2.07. The molecular weight excluding hydrogens is 266 g/mol. The Morgan fingerprint density at radius 2 is 2.11 bits per heavy atom. The minimum atomic E-state index is -3.47. The molecule has 0 aliphatic carbocycles. The van der Waals surface area contributed by atoms with Gasteiger partial charge in [-0.1, -0.05) is 0 Å². The van der Waals surface area contributed by atoms with E-state index >= 15 is 0 Å². The number of aryl methyl sites for hydroxylation is 1. The van der Waals surface area contributed by atoms with E-state index in [-0.39, 0.29) is 16.5 Å². The third-order valence-electron chi connectivity index (χ3n) is 2.60. The molecule has 0 radical (unpaired) electrons. The average molecular weight is 281 g/mol. The van der Waals surface area contributed by atoms with Gasteiger partial charge in [-0.05, 0) is 24.6 Å². The Morgan fingerprint density at radius 3 is 2.58 bits per heavy atom. The molecule has 0 aliphatic heterocycles. The quantitative estimate of drug-likeness (QED) is 0.854. The summed E-state index contributed by atoms with van der Waals surface area (Å²) in [7, 11) is -1.88. The fourth-order valence-electron chi connectivity index (χ4n) is 1.76. The Kier molecular flexibility index (Phi) is 3.19. The van der Waals surface area contributed by atoms with Crippen LogP contribution in [-0.4, -0.2) is 36.5 Å². The van der Waals surface area contributed by atoms with Gasteiger partial charge in [0.1, 0.15) is 5.82 Å². The standard InChI is InChI=1S/C11H15N5O2S/c1-7-4-5-14-8(6-7)16-10(12)9(19(3,17)18)11(13-2)15-16/h4-6H,12H2,1-3H3,(H,13,15). The zero-order valence-corrected chi connectivity index (χ0v) is 11.7. The summed E-state index contributed by atoms with van der Waals surface area (Å²) < 4.78 is 24.8. The summed E-state index contributed by atoms with van der Waals surface area (Å²) in [6.07, 6.45) is 2.71. The maximum absolute atomic E-state index is 11.8. The van der Waals surface area contributed by atoms with Crippen molar-refractivity contribution in [2.75, 3.05) is 24.4 Å². The summed E-state index contributed by atoms with van der Waals surface area (Å²) in [6.45, 7) is 1.90. The van der Waals surface area contributed by atoms with E-state index in [1.807, 2.05) is 13.0 Å². The van der Waals surface area contributed by atoms with Crippen molar-refractivity contribution in [3.8, 4) is 5.82 Å². The van der Waals surface area contributed by atoms with Gasteiger partial charge in [-0.2, -0.15) is 4.68 Å². The van der Waals surface area contributed by atoms with Gasteiger partial charge in [0.05, 0.1) is 0 Å². The Morgan fingerprint density at radius 1 is 1.42 bits per heavy atom. The topological polar surface area (TPSA) is 103 Å². The predicted octanol–water partition coefficient (Wildman–Crippen LogP) is 0.603. The maximum atomic E-state index is 11.8. The van der Waals surface area contributed by atoms with Crippen molar-refractivity contribution in [3.63, 3.8) is 0 Å². The molecule has 102 valence electrons. The number of rotatable bonds is 3. The van der Waals surface area contributed by atoms with E-state index in [0.717, 1.165) is 11.8 Å². The van der Waals surface area contributed by atoms with Crippen LogP contribution in [0, 0.1) is 6.92 Å². The molecule has 3 N–H and O–H groups in total. The van der Waals surface area contributed by atoms with Crippen molar-refractivity contribution in [3.05, 3.63) is 23.9 Å². The van der Waals surface area contributed by atoms with Gasteiger partial charge in [0.15, 0.2) is 26.4 Å². The lowest BCUT2D eigenvalue weighted by Gasteiger charge is -2.03. The Bertz CT molecular complexity index is 721. The molecular formula is C11H15N5O2S. The summed E-state index contributed by atoms with van der Waals surface area (Å²) in [6, 6.07) is 3.61. The molecule has 0 spiro atoms. The van der Waals surface area contributed by atoms with Gasteiger partial charge < -0.3 is 11.1 Å². The lowest BCUT2D eigenvalue weighted by molar-refractivity contribution is 0.602. The van der Waals surface area contributed by atoms with Gasteiger partial charge in [-0.3, -0.25) is 0 Å². The molecule has 7 nitrogen and oxygen atoms in total. The smallest absolute Gasteiger partial charge is 0.182 e. The average Bonchev–Trinajstić information content (AvgIpc) is 2.66. The second-order valence-electron chi connectivity index (χ2n) is 4.19. The second-order valence-corrected chi connectivity index (χ2v) is 6.14. The van der Waals surface area contributed by atoms with Crippen LogP contribution in [0.1, 0.15) is 5.56 Å². The number of pyridine rings is 1. The molecule has 19 heavy (non-hydrogen) atoms. The van der Waals surface area contributed by atoms with E-state index in [0.29, 0.717) is 5.82 Å². The molecule has 0 aromatic carbocycles. The molecule has 0 aliphatic rings. The van der Waals surface area contributed by atoms with Crippen molar-refractivity contribution >= 4 is 21.5 Å². The lowest BCUT2D eigenvalue weighted by atomic mass is 10.3. The van der Waals surface area contributed by atoms with Crippen LogP contribution in [0.5, 0.6) is 0 Å². The van der Waals surface area contributed by atoms with Gasteiger partial charge >= 0.3 is 0 Å². The Labute approximate surface area is 111 Å². The number of sulfone groups is 1. The van der Waals surface area contributed by atoms with Crippen LogP contribution < -0.4 is 11.1 Å². The first-order valence-electron chi connectivity index (χ1n) is 5.54. The molecule has 0 bridgehead atoms. The molecule has 0 saturated heterocycles. The largest absolute Gasteiger partial charge is 0.382 e. The highest BCUT2D eigenvalue weighted by Crippen LogP contribution is 2.28. The number of hydrogen-bond donors (Lipinski definition) is 2.